The number of hydrogen-bond acceptors (Lipinski definition) is 6. The van der Waals surface area contributed by atoms with Crippen molar-refractivity contribution in [1.82, 2.24) is 14.7 Å². The minimum Gasteiger partial charge on any atom is -0.495 e. The van der Waals surface area contributed by atoms with Gasteiger partial charge in [-0.3, -0.25) is 4.79 Å². The summed E-state index contributed by atoms with van der Waals surface area (Å²) in [6, 6.07) is 11.7. The summed E-state index contributed by atoms with van der Waals surface area (Å²) in [6.45, 7) is 5.78. The molecule has 2 aromatic heterocycles. The van der Waals surface area contributed by atoms with Crippen LogP contribution in [0.2, 0.25) is 5.02 Å². The molecular weight excluding hydrogens is 528 g/mol. The molecule has 1 aliphatic heterocycles. The molecule has 3 heterocycles. The van der Waals surface area contributed by atoms with Crippen molar-refractivity contribution in [2.75, 3.05) is 12.0 Å². The number of aromatic nitrogens is 3. The van der Waals surface area contributed by atoms with Gasteiger partial charge in [0.2, 0.25) is 5.91 Å². The second-order valence-electron chi connectivity index (χ2n) is 11.5. The number of aryl methyl sites for hydroxylation is 2. The molecular formula is C31H35ClN4O4. The van der Waals surface area contributed by atoms with E-state index in [1.807, 2.05) is 31.7 Å². The first-order valence-corrected chi connectivity index (χ1v) is 14.4. The molecule has 9 heteroatoms. The Morgan fingerprint density at radius 2 is 1.90 bits per heavy atom. The zero-order chi connectivity index (χ0) is 28.2. The summed E-state index contributed by atoms with van der Waals surface area (Å²) < 4.78 is 13.1. The minimum atomic E-state index is -0.657. The van der Waals surface area contributed by atoms with Crippen LogP contribution in [0.15, 0.2) is 40.9 Å². The molecule has 40 heavy (non-hydrogen) atoms. The number of halogens is 1. The summed E-state index contributed by atoms with van der Waals surface area (Å²) in [5.74, 6) is 2.27. The molecule has 1 aliphatic carbocycles. The number of carbonyl (C=O) groups excluding carboxylic acids is 1. The van der Waals surface area contributed by atoms with Crippen molar-refractivity contribution in [3.05, 3.63) is 58.7 Å². The van der Waals surface area contributed by atoms with Gasteiger partial charge in [-0.2, -0.15) is 0 Å². The van der Waals surface area contributed by atoms with Gasteiger partial charge >= 0.3 is 0 Å². The maximum absolute atomic E-state index is 13.5. The molecule has 0 bridgehead atoms. The average molecular weight is 563 g/mol. The third-order valence-electron chi connectivity index (χ3n) is 8.60. The maximum atomic E-state index is 13.5. The fraction of sp³-hybridized carbons (Fsp3) is 0.452. The number of hydrogen-bond donors (Lipinski definition) is 1. The molecule has 1 atom stereocenters. The molecule has 2 aromatic carbocycles. The summed E-state index contributed by atoms with van der Waals surface area (Å²) in [7, 11) is 1.58. The highest BCUT2D eigenvalue weighted by Gasteiger charge is 2.37. The number of imidazole rings is 1. The van der Waals surface area contributed by atoms with Gasteiger partial charge in [0, 0.05) is 23.7 Å². The van der Waals surface area contributed by atoms with Gasteiger partial charge in [0.15, 0.2) is 0 Å². The molecule has 8 nitrogen and oxygen atoms in total. The van der Waals surface area contributed by atoms with E-state index in [1.54, 1.807) is 19.2 Å². The molecule has 0 spiro atoms. The van der Waals surface area contributed by atoms with Crippen molar-refractivity contribution in [3.63, 3.8) is 0 Å². The van der Waals surface area contributed by atoms with Crippen LogP contribution in [0.3, 0.4) is 0 Å². The number of methoxy groups -OCH3 is 1. The Labute approximate surface area is 238 Å². The number of aliphatic hydroxyl groups is 1. The minimum absolute atomic E-state index is 0.0547. The Balaban J connectivity index is 1.50. The number of piperidine rings is 1. The second kappa shape index (κ2) is 10.2. The van der Waals surface area contributed by atoms with Crippen molar-refractivity contribution >= 4 is 34.2 Å². The number of benzene rings is 2. The summed E-state index contributed by atoms with van der Waals surface area (Å²) in [6.07, 6.45) is 5.17. The third kappa shape index (κ3) is 4.67. The number of amides is 1. The van der Waals surface area contributed by atoms with Gasteiger partial charge in [-0.1, -0.05) is 22.8 Å². The normalized spacial score (nSPS) is 23.6. The predicted octanol–water partition coefficient (Wildman–Crippen LogP) is 7.09. The van der Waals surface area contributed by atoms with Crippen molar-refractivity contribution in [1.29, 1.82) is 0 Å². The number of nitrogens with zero attached hydrogens (tertiary/aromatic N) is 4. The molecule has 0 unspecified atom stereocenters. The summed E-state index contributed by atoms with van der Waals surface area (Å²) in [5.41, 5.74) is 4.81. The molecule has 2 fully saturated rings. The summed E-state index contributed by atoms with van der Waals surface area (Å²) in [5, 5.41) is 15.3. The van der Waals surface area contributed by atoms with Crippen LogP contribution in [-0.4, -0.2) is 38.4 Å². The van der Waals surface area contributed by atoms with Crippen molar-refractivity contribution in [3.8, 4) is 16.9 Å². The second-order valence-corrected chi connectivity index (χ2v) is 11.9. The molecule has 1 saturated heterocycles. The third-order valence-corrected chi connectivity index (χ3v) is 8.89. The highest BCUT2D eigenvalue weighted by atomic mass is 35.5. The lowest BCUT2D eigenvalue weighted by Crippen LogP contribution is -2.40. The molecule has 2 aliphatic rings. The number of carbonyl (C=O) groups is 1. The van der Waals surface area contributed by atoms with E-state index in [2.05, 4.69) is 27.9 Å². The first-order chi connectivity index (χ1) is 19.2. The van der Waals surface area contributed by atoms with E-state index in [-0.39, 0.29) is 18.0 Å². The van der Waals surface area contributed by atoms with Crippen LogP contribution >= 0.6 is 11.6 Å². The monoisotopic (exact) mass is 562 g/mol. The van der Waals surface area contributed by atoms with Gasteiger partial charge in [-0.05, 0) is 95.2 Å². The standard InChI is InChI=1S/C31H35ClN4O4/c1-18-29(19(2)40-34-18)20-8-10-25-24(16-20)33-30(36(25)21-12-14-31(3,38)15-13-21)26-6-5-7-28(37)35(26)22-9-11-27(39-4)23(32)17-22/h8-11,16-17,21,26,38H,5-7,12-15H2,1-4H3/t21-,26-,31-/m0/s1. The van der Waals surface area contributed by atoms with E-state index in [1.165, 1.54) is 0 Å². The molecule has 0 radical (unpaired) electrons. The van der Waals surface area contributed by atoms with E-state index in [4.69, 9.17) is 25.8 Å². The quantitative estimate of drug-likeness (QED) is 0.279. The summed E-state index contributed by atoms with van der Waals surface area (Å²) in [4.78, 5) is 20.6. The van der Waals surface area contributed by atoms with E-state index < -0.39 is 5.60 Å². The predicted molar refractivity (Wildman–Crippen MR) is 155 cm³/mol. The summed E-state index contributed by atoms with van der Waals surface area (Å²) >= 11 is 6.51. The Morgan fingerprint density at radius 1 is 1.12 bits per heavy atom. The fourth-order valence-corrected chi connectivity index (χ4v) is 6.77. The number of rotatable bonds is 5. The fourth-order valence-electron chi connectivity index (χ4n) is 6.51. The van der Waals surface area contributed by atoms with Crippen molar-refractivity contribution in [2.24, 2.45) is 0 Å². The highest BCUT2D eigenvalue weighted by molar-refractivity contribution is 6.32. The zero-order valence-corrected chi connectivity index (χ0v) is 24.2. The van der Waals surface area contributed by atoms with Gasteiger partial charge in [0.1, 0.15) is 17.3 Å². The van der Waals surface area contributed by atoms with Crippen LogP contribution in [-0.2, 0) is 4.79 Å². The van der Waals surface area contributed by atoms with E-state index in [0.29, 0.717) is 17.2 Å². The number of fused-ring (bicyclic) bond motifs is 1. The number of ether oxygens (including phenoxy) is 1. The molecule has 1 saturated carbocycles. The Bertz CT molecular complexity index is 1560. The van der Waals surface area contributed by atoms with Crippen LogP contribution in [0, 0.1) is 13.8 Å². The van der Waals surface area contributed by atoms with Gasteiger partial charge in [-0.25, -0.2) is 4.98 Å². The van der Waals surface area contributed by atoms with Crippen LogP contribution in [0.25, 0.3) is 22.2 Å². The first kappa shape index (κ1) is 26.8. The molecule has 1 amide bonds. The molecule has 1 N–H and O–H groups in total. The molecule has 6 rings (SSSR count). The van der Waals surface area contributed by atoms with Crippen LogP contribution in [0.5, 0.6) is 5.75 Å². The van der Waals surface area contributed by atoms with E-state index >= 15 is 0 Å². The lowest BCUT2D eigenvalue weighted by molar-refractivity contribution is -0.120. The smallest absolute Gasteiger partial charge is 0.227 e. The van der Waals surface area contributed by atoms with Crippen LogP contribution < -0.4 is 9.64 Å². The Hall–Kier alpha value is -3.36. The molecule has 210 valence electrons. The lowest BCUT2D eigenvalue weighted by atomic mass is 9.83. The topological polar surface area (TPSA) is 93.6 Å². The Kier molecular flexibility index (Phi) is 6.87. The van der Waals surface area contributed by atoms with Gasteiger partial charge < -0.3 is 23.8 Å². The van der Waals surface area contributed by atoms with E-state index in [0.717, 1.165) is 83.7 Å². The van der Waals surface area contributed by atoms with Crippen molar-refractivity contribution in [2.45, 2.75) is 83.4 Å². The average Bonchev–Trinajstić information content (AvgIpc) is 3.47. The van der Waals surface area contributed by atoms with Gasteiger partial charge in [0.05, 0.1) is 40.5 Å². The first-order valence-electron chi connectivity index (χ1n) is 14.0. The molecule has 4 aromatic rings. The lowest BCUT2D eigenvalue weighted by Gasteiger charge is -2.38. The maximum Gasteiger partial charge on any atom is 0.227 e. The highest BCUT2D eigenvalue weighted by Crippen LogP contribution is 2.43. The van der Waals surface area contributed by atoms with E-state index in [9.17, 15) is 9.90 Å². The number of anilines is 1. The van der Waals surface area contributed by atoms with Crippen LogP contribution in [0.4, 0.5) is 5.69 Å². The zero-order valence-electron chi connectivity index (χ0n) is 23.4. The largest absolute Gasteiger partial charge is 0.495 e. The van der Waals surface area contributed by atoms with Crippen LogP contribution in [0.1, 0.15) is 81.2 Å². The Morgan fingerprint density at radius 3 is 2.58 bits per heavy atom. The SMILES string of the molecule is COc1ccc(N2C(=O)CCC[C@H]2c2nc3cc(-c4c(C)noc4C)ccc3n2[C@H]2CC[C@](C)(O)CC2)cc1Cl. The van der Waals surface area contributed by atoms with Gasteiger partial charge in [-0.15, -0.1) is 0 Å². The van der Waals surface area contributed by atoms with Crippen molar-refractivity contribution < 1.29 is 19.2 Å². The van der Waals surface area contributed by atoms with Gasteiger partial charge in [0.25, 0.3) is 0 Å².